The quantitative estimate of drug-likeness (QED) is 0.335. The summed E-state index contributed by atoms with van der Waals surface area (Å²) in [6, 6.07) is 14.7. The zero-order valence-corrected chi connectivity index (χ0v) is 29.1. The number of fused-ring (bicyclic) bond motifs is 1. The van der Waals surface area contributed by atoms with Crippen molar-refractivity contribution >= 4 is 27.6 Å². The van der Waals surface area contributed by atoms with E-state index < -0.39 is 27.5 Å². The first kappa shape index (κ1) is 33.8. The lowest BCUT2D eigenvalue weighted by atomic mass is 9.73. The molecule has 3 fully saturated rings. The van der Waals surface area contributed by atoms with Gasteiger partial charge in [0, 0.05) is 56.4 Å². The number of sulfonamides is 1. The van der Waals surface area contributed by atoms with Gasteiger partial charge in [-0.1, -0.05) is 6.42 Å². The van der Waals surface area contributed by atoms with Crippen LogP contribution < -0.4 is 19.1 Å². The fraction of sp³-hybridized carbons (Fsp3) is 0.444. The average molecular weight is 700 g/mol. The van der Waals surface area contributed by atoms with E-state index in [0.717, 1.165) is 39.3 Å². The summed E-state index contributed by atoms with van der Waals surface area (Å²) in [5.74, 6) is -0.439. The lowest BCUT2D eigenvalue weighted by molar-refractivity contribution is -0.122. The van der Waals surface area contributed by atoms with Gasteiger partial charge in [0.2, 0.25) is 5.88 Å². The Kier molecular flexibility index (Phi) is 8.92. The Morgan fingerprint density at radius 3 is 2.38 bits per heavy atom. The maximum atomic E-state index is 15.0. The summed E-state index contributed by atoms with van der Waals surface area (Å²) in [4.78, 5) is 40.0. The number of nitrogens with one attached hydrogen (secondary N) is 1. The van der Waals surface area contributed by atoms with Gasteiger partial charge >= 0.3 is 6.03 Å². The molecule has 2 aromatic carbocycles. The number of carbonyl (C=O) groups excluding carboxylic acids is 2. The van der Waals surface area contributed by atoms with Crippen LogP contribution in [0.25, 0.3) is 0 Å². The van der Waals surface area contributed by atoms with Crippen LogP contribution in [0.1, 0.15) is 42.9 Å². The Bertz CT molecular complexity index is 1930. The molecule has 14 heteroatoms. The van der Waals surface area contributed by atoms with E-state index in [1.165, 1.54) is 75.0 Å². The van der Waals surface area contributed by atoms with Crippen LogP contribution in [0, 0.1) is 16.7 Å². The molecule has 50 heavy (non-hydrogen) atoms. The third-order valence-electron chi connectivity index (χ3n) is 10.2. The minimum atomic E-state index is -4.52. The molecule has 1 spiro atoms. The predicted octanol–water partition coefficient (Wildman–Crippen LogP) is 3.15. The van der Waals surface area contributed by atoms with E-state index in [2.05, 4.69) is 26.2 Å². The van der Waals surface area contributed by atoms with Gasteiger partial charge in [-0.05, 0) is 87.5 Å². The van der Waals surface area contributed by atoms with E-state index in [-0.39, 0.29) is 45.2 Å². The fourth-order valence-electron chi connectivity index (χ4n) is 7.80. The summed E-state index contributed by atoms with van der Waals surface area (Å²) in [6.45, 7) is 9.14. The van der Waals surface area contributed by atoms with Crippen LogP contribution in [0.3, 0.4) is 0 Å². The molecule has 0 unspecified atom stereocenters. The number of ether oxygens (including phenoxy) is 2. The molecule has 0 aliphatic carbocycles. The number of nitriles is 1. The van der Waals surface area contributed by atoms with Gasteiger partial charge in [-0.25, -0.2) is 18.2 Å². The molecule has 13 nitrogen and oxygen atoms in total. The average Bonchev–Trinajstić information content (AvgIpc) is 3.35. The van der Waals surface area contributed by atoms with Crippen molar-refractivity contribution in [2.45, 2.75) is 36.6 Å². The molecule has 1 atom stereocenters. The largest absolute Gasteiger partial charge is 0.497 e. The summed E-state index contributed by atoms with van der Waals surface area (Å²) in [5.41, 5.74) is -1.61. The zero-order chi connectivity index (χ0) is 35.1. The number of methoxy groups -OCH3 is 1. The van der Waals surface area contributed by atoms with Crippen molar-refractivity contribution < 1.29 is 27.5 Å². The molecule has 0 bridgehead atoms. The minimum Gasteiger partial charge on any atom is -0.497 e. The smallest absolute Gasteiger partial charge is 0.318 e. The molecule has 3 saturated heterocycles. The van der Waals surface area contributed by atoms with Gasteiger partial charge < -0.3 is 29.5 Å². The molecule has 262 valence electrons. The first-order valence-corrected chi connectivity index (χ1v) is 18.5. The molecule has 4 aliphatic heterocycles. The number of rotatable bonds is 10. The number of aromatic nitrogens is 1. The summed E-state index contributed by atoms with van der Waals surface area (Å²) in [6.07, 6.45) is 5.32. The lowest BCUT2D eigenvalue weighted by Gasteiger charge is -2.60. The standard InChI is InChI=1S/C36H41N7O6S/c1-3-49-32-29(8-7-15-38-32)36(39-34(45)42-24-35(25-42)22-41(23-35)19-18-40-16-5-4-6-17-40)30-20-26(21-37)9-14-31(30)43(33(36)44)50(46,47)28-12-10-27(48-2)11-13-28/h7-15,20H,3-6,16-19,22-25H2,1-2H3,(H,39,45)/t36-/m0/s1. The molecular formula is C36H41N7O6S. The third kappa shape index (κ3) is 5.73. The van der Waals surface area contributed by atoms with Gasteiger partial charge in [0.15, 0.2) is 5.54 Å². The van der Waals surface area contributed by atoms with E-state index in [9.17, 15) is 18.5 Å². The summed E-state index contributed by atoms with van der Waals surface area (Å²) < 4.78 is 40.4. The number of pyridine rings is 1. The number of likely N-dealkylation sites (tertiary alicyclic amines) is 3. The predicted molar refractivity (Wildman–Crippen MR) is 184 cm³/mol. The van der Waals surface area contributed by atoms with Crippen LogP contribution in [0.4, 0.5) is 10.5 Å². The van der Waals surface area contributed by atoms with Gasteiger partial charge in [0.05, 0.1) is 41.5 Å². The zero-order valence-electron chi connectivity index (χ0n) is 28.3. The van der Waals surface area contributed by atoms with Crippen molar-refractivity contribution in [2.24, 2.45) is 5.41 Å². The molecule has 4 aliphatic rings. The Labute approximate surface area is 292 Å². The van der Waals surface area contributed by atoms with Crippen LogP contribution in [0.5, 0.6) is 11.6 Å². The monoisotopic (exact) mass is 699 g/mol. The number of benzene rings is 2. The second-order valence-electron chi connectivity index (χ2n) is 13.5. The number of hydrogen-bond donors (Lipinski definition) is 1. The van der Waals surface area contributed by atoms with Crippen molar-refractivity contribution in [1.82, 2.24) is 25.0 Å². The highest BCUT2D eigenvalue weighted by Gasteiger charge is 2.60. The van der Waals surface area contributed by atoms with Crippen LogP contribution in [-0.2, 0) is 20.4 Å². The molecule has 3 aromatic rings. The first-order valence-electron chi connectivity index (χ1n) is 17.0. The van der Waals surface area contributed by atoms with E-state index in [1.807, 2.05) is 0 Å². The highest BCUT2D eigenvalue weighted by Crippen LogP contribution is 2.50. The van der Waals surface area contributed by atoms with Crippen molar-refractivity contribution in [3.8, 4) is 17.7 Å². The minimum absolute atomic E-state index is 0.00744. The molecule has 5 heterocycles. The second kappa shape index (κ2) is 13.2. The van der Waals surface area contributed by atoms with Gasteiger partial charge in [0.25, 0.3) is 15.9 Å². The number of amides is 3. The van der Waals surface area contributed by atoms with Gasteiger partial charge in [-0.15, -0.1) is 0 Å². The number of piperidine rings is 1. The third-order valence-corrected chi connectivity index (χ3v) is 12.0. The fourth-order valence-corrected chi connectivity index (χ4v) is 9.27. The summed E-state index contributed by atoms with van der Waals surface area (Å²) >= 11 is 0. The van der Waals surface area contributed by atoms with Gasteiger partial charge in [-0.3, -0.25) is 4.79 Å². The van der Waals surface area contributed by atoms with E-state index >= 15 is 4.79 Å². The highest BCUT2D eigenvalue weighted by atomic mass is 32.2. The Hall–Kier alpha value is -4.71. The maximum Gasteiger partial charge on any atom is 0.318 e. The normalized spacial score (nSPS) is 21.6. The second-order valence-corrected chi connectivity index (χ2v) is 15.3. The number of hydrogen-bond acceptors (Lipinski definition) is 10. The van der Waals surface area contributed by atoms with Crippen LogP contribution in [0.2, 0.25) is 0 Å². The number of carbonyl (C=O) groups is 2. The van der Waals surface area contributed by atoms with Gasteiger partial charge in [0.1, 0.15) is 5.75 Å². The first-order chi connectivity index (χ1) is 24.1. The van der Waals surface area contributed by atoms with Gasteiger partial charge in [-0.2, -0.15) is 9.57 Å². The molecule has 0 saturated carbocycles. The van der Waals surface area contributed by atoms with Crippen molar-refractivity contribution in [3.63, 3.8) is 0 Å². The van der Waals surface area contributed by atoms with E-state index in [4.69, 9.17) is 9.47 Å². The van der Waals surface area contributed by atoms with E-state index in [1.54, 1.807) is 24.0 Å². The molecule has 1 N–H and O–H groups in total. The molecular weight excluding hydrogens is 659 g/mol. The topological polar surface area (TPSA) is 148 Å². The SMILES string of the molecule is CCOc1ncccc1[C@@]1(NC(=O)N2CC3(CN(CCN4CCCCC4)C3)C2)C(=O)N(S(=O)(=O)c2ccc(OC)cc2)c2ccc(C#N)cc21. The molecule has 7 rings (SSSR count). The van der Waals surface area contributed by atoms with E-state index in [0.29, 0.717) is 23.1 Å². The molecule has 1 aromatic heterocycles. The number of urea groups is 1. The Morgan fingerprint density at radius 2 is 1.70 bits per heavy atom. The Morgan fingerprint density at radius 1 is 0.980 bits per heavy atom. The maximum absolute atomic E-state index is 15.0. The van der Waals surface area contributed by atoms with Crippen molar-refractivity contribution in [2.75, 3.05) is 70.4 Å². The molecule has 0 radical (unpaired) electrons. The Balaban J connectivity index is 1.21. The van der Waals surface area contributed by atoms with Crippen molar-refractivity contribution in [3.05, 3.63) is 77.5 Å². The summed E-state index contributed by atoms with van der Waals surface area (Å²) in [5, 5.41) is 12.9. The van der Waals surface area contributed by atoms with Crippen LogP contribution >= 0.6 is 0 Å². The molecule has 3 amide bonds. The van der Waals surface area contributed by atoms with Crippen LogP contribution in [0.15, 0.2) is 65.7 Å². The number of nitrogens with zero attached hydrogens (tertiary/aromatic N) is 6. The number of anilines is 1. The van der Waals surface area contributed by atoms with Crippen molar-refractivity contribution in [1.29, 1.82) is 5.26 Å². The highest BCUT2D eigenvalue weighted by molar-refractivity contribution is 7.93. The lowest BCUT2D eigenvalue weighted by Crippen LogP contribution is -2.74. The van der Waals surface area contributed by atoms with Crippen LogP contribution in [-0.4, -0.2) is 106 Å². The summed E-state index contributed by atoms with van der Waals surface area (Å²) in [7, 11) is -3.05.